The molecule has 0 spiro atoms. The van der Waals surface area contributed by atoms with Gasteiger partial charge < -0.3 is 29.3 Å². The van der Waals surface area contributed by atoms with Gasteiger partial charge in [0.25, 0.3) is 5.91 Å². The fourth-order valence-corrected chi connectivity index (χ4v) is 5.35. The third-order valence-electron chi connectivity index (χ3n) is 7.55. The van der Waals surface area contributed by atoms with Crippen LogP contribution in [0.5, 0.6) is 11.5 Å². The summed E-state index contributed by atoms with van der Waals surface area (Å²) in [4.78, 5) is 31.2. The van der Waals surface area contributed by atoms with Crippen molar-refractivity contribution in [1.82, 2.24) is 15.1 Å². The summed E-state index contributed by atoms with van der Waals surface area (Å²) in [5.41, 5.74) is 1.61. The van der Waals surface area contributed by atoms with E-state index in [1.165, 1.54) is 0 Å². The maximum Gasteiger partial charge on any atom is 0.254 e. The monoisotopic (exact) mass is 567 g/mol. The molecular formula is C33H49N3O5. The second kappa shape index (κ2) is 16.4. The van der Waals surface area contributed by atoms with Crippen LogP contribution in [0.15, 0.2) is 48.5 Å². The van der Waals surface area contributed by atoms with Gasteiger partial charge in [0.05, 0.1) is 20.1 Å². The zero-order valence-corrected chi connectivity index (χ0v) is 25.7. The number of benzene rings is 2. The van der Waals surface area contributed by atoms with Crippen molar-refractivity contribution in [2.24, 2.45) is 17.8 Å². The van der Waals surface area contributed by atoms with Crippen LogP contribution in [0.3, 0.4) is 0 Å². The average Bonchev–Trinajstić information content (AvgIpc) is 3.39. The molecule has 0 bridgehead atoms. The Bertz CT molecular complexity index is 1090. The quantitative estimate of drug-likeness (QED) is 0.301. The van der Waals surface area contributed by atoms with Crippen LogP contribution in [0, 0.1) is 17.8 Å². The Morgan fingerprint density at radius 2 is 1.63 bits per heavy atom. The minimum atomic E-state index is -0.0331. The second-order valence-electron chi connectivity index (χ2n) is 11.6. The summed E-state index contributed by atoms with van der Waals surface area (Å²) in [5.74, 6) is 2.15. The number of carbonyl (C=O) groups is 2. The van der Waals surface area contributed by atoms with Crippen molar-refractivity contribution in [3.8, 4) is 11.5 Å². The van der Waals surface area contributed by atoms with Crippen molar-refractivity contribution in [3.63, 3.8) is 0 Å². The highest BCUT2D eigenvalue weighted by atomic mass is 16.5. The van der Waals surface area contributed by atoms with Crippen LogP contribution < -0.4 is 14.8 Å². The van der Waals surface area contributed by atoms with E-state index in [0.717, 1.165) is 31.6 Å². The molecule has 1 saturated heterocycles. The molecule has 2 amide bonds. The molecule has 1 heterocycles. The normalized spacial score (nSPS) is 16.7. The highest BCUT2D eigenvalue weighted by Crippen LogP contribution is 2.30. The zero-order valence-electron chi connectivity index (χ0n) is 25.7. The lowest BCUT2D eigenvalue weighted by atomic mass is 9.93. The molecular weight excluding hydrogens is 518 g/mol. The third-order valence-corrected chi connectivity index (χ3v) is 7.55. The molecule has 8 nitrogen and oxygen atoms in total. The first-order valence-corrected chi connectivity index (χ1v) is 14.9. The van der Waals surface area contributed by atoms with Gasteiger partial charge >= 0.3 is 0 Å². The largest absolute Gasteiger partial charge is 0.493 e. The highest BCUT2D eigenvalue weighted by molar-refractivity contribution is 5.95. The van der Waals surface area contributed by atoms with E-state index in [-0.39, 0.29) is 29.7 Å². The molecule has 2 aromatic rings. The van der Waals surface area contributed by atoms with Gasteiger partial charge in [-0.3, -0.25) is 9.59 Å². The van der Waals surface area contributed by atoms with E-state index in [2.05, 4.69) is 33.0 Å². The second-order valence-corrected chi connectivity index (χ2v) is 11.6. The van der Waals surface area contributed by atoms with E-state index >= 15 is 0 Å². The molecule has 0 saturated carbocycles. The van der Waals surface area contributed by atoms with Crippen LogP contribution in [0.1, 0.15) is 50.0 Å². The lowest BCUT2D eigenvalue weighted by Gasteiger charge is -2.34. The van der Waals surface area contributed by atoms with Crippen molar-refractivity contribution in [1.29, 1.82) is 0 Å². The standard InChI is InChI=1S/C33H49N3O5/c1-24(2)21-35(32(37)17-26-11-8-7-9-12-26)22-28-19-34-20-29(28)23-36(25(3)4)33(38)27-13-14-30(40-6)31(18-27)41-16-10-15-39-5/h7-9,11-14,18,24-25,28-29,34H,10,15-17,19-23H2,1-6H3/t28-,29+/m1/s1. The number of nitrogens with one attached hydrogen (secondary N) is 1. The molecule has 3 rings (SSSR count). The van der Waals surface area contributed by atoms with Gasteiger partial charge in [-0.25, -0.2) is 0 Å². The van der Waals surface area contributed by atoms with E-state index in [1.54, 1.807) is 32.4 Å². The molecule has 226 valence electrons. The number of carbonyl (C=O) groups excluding carboxylic acids is 2. The van der Waals surface area contributed by atoms with Gasteiger partial charge in [-0.2, -0.15) is 0 Å². The SMILES string of the molecule is COCCCOc1cc(C(=O)N(C[C@@H]2CNC[C@@H]2CN(CC(C)C)C(=O)Cc2ccccc2)C(C)C)ccc1OC. The Labute approximate surface area is 246 Å². The molecule has 0 aliphatic carbocycles. The number of nitrogens with zero attached hydrogens (tertiary/aromatic N) is 2. The summed E-state index contributed by atoms with van der Waals surface area (Å²) < 4.78 is 16.5. The van der Waals surface area contributed by atoms with Crippen LogP contribution in [0.4, 0.5) is 0 Å². The van der Waals surface area contributed by atoms with Gasteiger partial charge in [-0.15, -0.1) is 0 Å². The van der Waals surface area contributed by atoms with Gasteiger partial charge in [-0.05, 0) is 55.4 Å². The topological polar surface area (TPSA) is 80.3 Å². The maximum absolute atomic E-state index is 13.8. The number of methoxy groups -OCH3 is 2. The summed E-state index contributed by atoms with van der Waals surface area (Å²) in [7, 11) is 3.26. The van der Waals surface area contributed by atoms with E-state index in [1.807, 2.05) is 40.1 Å². The lowest BCUT2D eigenvalue weighted by molar-refractivity contribution is -0.131. The summed E-state index contributed by atoms with van der Waals surface area (Å²) in [6.45, 7) is 13.2. The Morgan fingerprint density at radius 1 is 0.927 bits per heavy atom. The minimum absolute atomic E-state index is 0.0170. The van der Waals surface area contributed by atoms with E-state index in [4.69, 9.17) is 14.2 Å². The van der Waals surface area contributed by atoms with E-state index < -0.39 is 0 Å². The van der Waals surface area contributed by atoms with E-state index in [0.29, 0.717) is 55.7 Å². The number of hydrogen-bond donors (Lipinski definition) is 1. The van der Waals surface area contributed by atoms with Gasteiger partial charge in [0, 0.05) is 64.5 Å². The molecule has 0 radical (unpaired) electrons. The third kappa shape index (κ3) is 9.75. The zero-order chi connectivity index (χ0) is 29.8. The maximum atomic E-state index is 13.8. The fraction of sp³-hybridized carbons (Fsp3) is 0.576. The number of rotatable bonds is 16. The Kier molecular flexibility index (Phi) is 12.9. The summed E-state index contributed by atoms with van der Waals surface area (Å²) >= 11 is 0. The predicted octanol–water partition coefficient (Wildman–Crippen LogP) is 4.52. The molecule has 2 aromatic carbocycles. The first-order chi connectivity index (χ1) is 19.7. The number of hydrogen-bond acceptors (Lipinski definition) is 6. The van der Waals surface area contributed by atoms with Crippen molar-refractivity contribution < 1.29 is 23.8 Å². The van der Waals surface area contributed by atoms with Crippen molar-refractivity contribution in [2.45, 2.75) is 46.6 Å². The Balaban J connectivity index is 1.72. The van der Waals surface area contributed by atoms with Crippen LogP contribution in [-0.4, -0.2) is 87.8 Å². The predicted molar refractivity (Wildman–Crippen MR) is 163 cm³/mol. The summed E-state index contributed by atoms with van der Waals surface area (Å²) in [6.07, 6.45) is 1.15. The first kappa shape index (κ1) is 32.4. The van der Waals surface area contributed by atoms with Crippen molar-refractivity contribution in [3.05, 3.63) is 59.7 Å². The smallest absolute Gasteiger partial charge is 0.254 e. The van der Waals surface area contributed by atoms with Crippen molar-refractivity contribution >= 4 is 11.8 Å². The molecule has 2 atom stereocenters. The Morgan fingerprint density at radius 3 is 2.27 bits per heavy atom. The van der Waals surface area contributed by atoms with Crippen LogP contribution in [0.25, 0.3) is 0 Å². The molecule has 41 heavy (non-hydrogen) atoms. The molecule has 1 aliphatic heterocycles. The molecule has 1 aliphatic rings. The fourth-order valence-electron chi connectivity index (χ4n) is 5.35. The molecule has 1 fully saturated rings. The summed E-state index contributed by atoms with van der Waals surface area (Å²) in [5, 5.41) is 3.53. The van der Waals surface area contributed by atoms with Gasteiger partial charge in [0.15, 0.2) is 11.5 Å². The minimum Gasteiger partial charge on any atom is -0.493 e. The molecule has 0 unspecified atom stereocenters. The highest BCUT2D eigenvalue weighted by Gasteiger charge is 2.34. The molecule has 1 N–H and O–H groups in total. The average molecular weight is 568 g/mol. The molecule has 0 aromatic heterocycles. The van der Waals surface area contributed by atoms with Gasteiger partial charge in [0.2, 0.25) is 5.91 Å². The van der Waals surface area contributed by atoms with Crippen molar-refractivity contribution in [2.75, 3.05) is 60.2 Å². The van der Waals surface area contributed by atoms with Gasteiger partial charge in [0.1, 0.15) is 0 Å². The number of ether oxygens (including phenoxy) is 3. The summed E-state index contributed by atoms with van der Waals surface area (Å²) in [6, 6.07) is 15.3. The van der Waals surface area contributed by atoms with E-state index in [9.17, 15) is 9.59 Å². The van der Waals surface area contributed by atoms with Crippen LogP contribution >= 0.6 is 0 Å². The van der Waals surface area contributed by atoms with Crippen LogP contribution in [-0.2, 0) is 16.0 Å². The first-order valence-electron chi connectivity index (χ1n) is 14.9. The molecule has 8 heteroatoms. The van der Waals surface area contributed by atoms with Gasteiger partial charge in [-0.1, -0.05) is 44.2 Å². The Hall–Kier alpha value is -3.10. The van der Waals surface area contributed by atoms with Crippen LogP contribution in [0.2, 0.25) is 0 Å². The lowest BCUT2D eigenvalue weighted by Crippen LogP contribution is -2.45. The number of amides is 2.